The van der Waals surface area contributed by atoms with E-state index in [1.165, 1.54) is 21.6 Å². The van der Waals surface area contributed by atoms with Crippen molar-refractivity contribution in [3.05, 3.63) is 34.0 Å². The molecule has 0 bridgehead atoms. The van der Waals surface area contributed by atoms with Gasteiger partial charge in [0.1, 0.15) is 5.75 Å². The lowest BCUT2D eigenvalue weighted by Gasteiger charge is -2.14. The normalized spacial score (nSPS) is 10.8. The van der Waals surface area contributed by atoms with Crippen LogP contribution in [0.25, 0.3) is 10.4 Å². The summed E-state index contributed by atoms with van der Waals surface area (Å²) in [6.07, 6.45) is 2.79. The average Bonchev–Trinajstić information content (AvgIpc) is 2.83. The van der Waals surface area contributed by atoms with E-state index in [9.17, 15) is 0 Å². The van der Waals surface area contributed by atoms with E-state index >= 15 is 0 Å². The highest BCUT2D eigenvalue weighted by Crippen LogP contribution is 2.36. The van der Waals surface area contributed by atoms with Crippen LogP contribution in [0.15, 0.2) is 12.3 Å². The summed E-state index contributed by atoms with van der Waals surface area (Å²) < 4.78 is 5.46. The molecule has 0 spiro atoms. The molecule has 102 valence electrons. The summed E-state index contributed by atoms with van der Waals surface area (Å²) in [7, 11) is 1.72. The summed E-state index contributed by atoms with van der Waals surface area (Å²) in [5.74, 6) is 0.980. The smallest absolute Gasteiger partial charge is 0.124 e. The van der Waals surface area contributed by atoms with Crippen LogP contribution in [0.2, 0.25) is 0 Å². The molecule has 2 rings (SSSR count). The molecule has 1 aromatic carbocycles. The van der Waals surface area contributed by atoms with E-state index in [1.54, 1.807) is 18.4 Å². The number of hydrogen-bond donors (Lipinski definition) is 1. The molecule has 3 nitrogen and oxygen atoms in total. The van der Waals surface area contributed by atoms with Crippen LogP contribution in [0.1, 0.15) is 21.7 Å². The van der Waals surface area contributed by atoms with Crippen LogP contribution >= 0.6 is 11.3 Å². The first-order chi connectivity index (χ1) is 9.08. The summed E-state index contributed by atoms with van der Waals surface area (Å²) in [5.41, 5.74) is 10.4. The van der Waals surface area contributed by atoms with Gasteiger partial charge < -0.3 is 10.5 Å². The lowest BCUT2D eigenvalue weighted by molar-refractivity contribution is 0.408. The number of methoxy groups -OCH3 is 1. The minimum atomic E-state index is 0.645. The predicted octanol–water partition coefficient (Wildman–Crippen LogP) is 3.25. The number of benzene rings is 1. The molecule has 0 amide bonds. The molecule has 0 aliphatic rings. The number of thiazole rings is 1. The predicted molar refractivity (Wildman–Crippen MR) is 81.1 cm³/mol. The van der Waals surface area contributed by atoms with Gasteiger partial charge in [-0.25, -0.2) is 4.98 Å². The first-order valence-electron chi connectivity index (χ1n) is 6.38. The molecule has 0 fully saturated rings. The van der Waals surface area contributed by atoms with Crippen LogP contribution in [0.3, 0.4) is 0 Å². The first-order valence-corrected chi connectivity index (χ1v) is 7.20. The minimum absolute atomic E-state index is 0.645. The maximum atomic E-state index is 5.57. The third kappa shape index (κ3) is 2.65. The molecule has 2 N–H and O–H groups in total. The fourth-order valence-corrected chi connectivity index (χ4v) is 3.31. The Morgan fingerprint density at radius 1 is 1.26 bits per heavy atom. The highest BCUT2D eigenvalue weighted by atomic mass is 32.1. The zero-order valence-corrected chi connectivity index (χ0v) is 12.7. The largest absolute Gasteiger partial charge is 0.496 e. The second-order valence-electron chi connectivity index (χ2n) is 4.68. The summed E-state index contributed by atoms with van der Waals surface area (Å²) in [4.78, 5) is 5.64. The van der Waals surface area contributed by atoms with Gasteiger partial charge in [-0.2, -0.15) is 0 Å². The second-order valence-corrected chi connectivity index (χ2v) is 5.80. The molecule has 0 aliphatic heterocycles. The van der Waals surface area contributed by atoms with Crippen LogP contribution in [0, 0.1) is 20.8 Å². The van der Waals surface area contributed by atoms with Crippen LogP contribution in [-0.4, -0.2) is 18.6 Å². The molecule has 0 atom stereocenters. The van der Waals surface area contributed by atoms with Crippen molar-refractivity contribution in [2.75, 3.05) is 13.7 Å². The fourth-order valence-electron chi connectivity index (χ4n) is 2.30. The molecule has 0 aliphatic carbocycles. The fraction of sp³-hybridized carbons (Fsp3) is 0.400. The summed E-state index contributed by atoms with van der Waals surface area (Å²) >= 11 is 1.72. The molecule has 1 aromatic heterocycles. The Hall–Kier alpha value is -1.39. The minimum Gasteiger partial charge on any atom is -0.496 e. The van der Waals surface area contributed by atoms with E-state index in [-0.39, 0.29) is 0 Å². The third-order valence-electron chi connectivity index (χ3n) is 3.41. The van der Waals surface area contributed by atoms with Gasteiger partial charge in [0.05, 0.1) is 17.0 Å². The van der Waals surface area contributed by atoms with Gasteiger partial charge >= 0.3 is 0 Å². The van der Waals surface area contributed by atoms with Gasteiger partial charge in [-0.1, -0.05) is 0 Å². The number of nitrogens with zero attached hydrogens (tertiary/aromatic N) is 1. The van der Waals surface area contributed by atoms with Crippen molar-refractivity contribution < 1.29 is 4.74 Å². The molecular weight excluding hydrogens is 256 g/mol. The number of rotatable bonds is 4. The van der Waals surface area contributed by atoms with Crippen LogP contribution in [0.5, 0.6) is 5.75 Å². The first kappa shape index (κ1) is 14.0. The SMILES string of the molecule is COc1c(C)cc(-c2cnc(CCN)s2)c(C)c1C. The molecule has 0 radical (unpaired) electrons. The van der Waals surface area contributed by atoms with Crippen LogP contribution in [-0.2, 0) is 6.42 Å². The molecule has 4 heteroatoms. The quantitative estimate of drug-likeness (QED) is 0.932. The van der Waals surface area contributed by atoms with Crippen molar-refractivity contribution in [3.63, 3.8) is 0 Å². The zero-order valence-electron chi connectivity index (χ0n) is 11.9. The van der Waals surface area contributed by atoms with E-state index in [2.05, 4.69) is 31.8 Å². The molecular formula is C15H20N2OS. The number of hydrogen-bond acceptors (Lipinski definition) is 4. The van der Waals surface area contributed by atoms with E-state index in [4.69, 9.17) is 10.5 Å². The van der Waals surface area contributed by atoms with Crippen molar-refractivity contribution in [1.29, 1.82) is 0 Å². The van der Waals surface area contributed by atoms with Crippen molar-refractivity contribution in [2.45, 2.75) is 27.2 Å². The maximum Gasteiger partial charge on any atom is 0.124 e. The van der Waals surface area contributed by atoms with Gasteiger partial charge in [-0.3, -0.25) is 0 Å². The summed E-state index contributed by atoms with van der Waals surface area (Å²) in [5, 5.41) is 1.10. The van der Waals surface area contributed by atoms with Gasteiger partial charge in [0.25, 0.3) is 0 Å². The monoisotopic (exact) mass is 276 g/mol. The lowest BCUT2D eigenvalue weighted by atomic mass is 9.98. The number of aryl methyl sites for hydroxylation is 1. The molecule has 19 heavy (non-hydrogen) atoms. The van der Waals surface area contributed by atoms with Gasteiger partial charge in [0.15, 0.2) is 0 Å². The number of ether oxygens (including phenoxy) is 1. The van der Waals surface area contributed by atoms with E-state index in [0.29, 0.717) is 6.54 Å². The Labute approximate surface area is 118 Å². The van der Waals surface area contributed by atoms with E-state index in [1.807, 2.05) is 6.20 Å². The van der Waals surface area contributed by atoms with Crippen molar-refractivity contribution in [2.24, 2.45) is 5.73 Å². The third-order valence-corrected chi connectivity index (χ3v) is 4.50. The molecule has 0 saturated carbocycles. The van der Waals surface area contributed by atoms with Crippen molar-refractivity contribution in [1.82, 2.24) is 4.98 Å². The summed E-state index contributed by atoms with van der Waals surface area (Å²) in [6, 6.07) is 2.18. The Morgan fingerprint density at radius 3 is 2.63 bits per heavy atom. The molecule has 1 heterocycles. The van der Waals surface area contributed by atoms with Crippen molar-refractivity contribution in [3.8, 4) is 16.2 Å². The number of nitrogens with two attached hydrogens (primary N) is 1. The highest BCUT2D eigenvalue weighted by Gasteiger charge is 2.13. The Balaban J connectivity index is 2.50. The van der Waals surface area contributed by atoms with Gasteiger partial charge in [0, 0.05) is 12.6 Å². The summed E-state index contributed by atoms with van der Waals surface area (Å²) in [6.45, 7) is 6.96. The van der Waals surface area contributed by atoms with E-state index < -0.39 is 0 Å². The lowest BCUT2D eigenvalue weighted by Crippen LogP contribution is -2.01. The Bertz CT molecular complexity index is 590. The second kappa shape index (κ2) is 5.72. The topological polar surface area (TPSA) is 48.1 Å². The van der Waals surface area contributed by atoms with Gasteiger partial charge in [0.2, 0.25) is 0 Å². The van der Waals surface area contributed by atoms with Crippen LogP contribution < -0.4 is 10.5 Å². The average molecular weight is 276 g/mol. The van der Waals surface area contributed by atoms with Gasteiger partial charge in [-0.05, 0) is 55.6 Å². The van der Waals surface area contributed by atoms with Crippen LogP contribution in [0.4, 0.5) is 0 Å². The Kier molecular flexibility index (Phi) is 4.22. The van der Waals surface area contributed by atoms with Gasteiger partial charge in [-0.15, -0.1) is 11.3 Å². The molecule has 2 aromatic rings. The maximum absolute atomic E-state index is 5.57. The highest BCUT2D eigenvalue weighted by molar-refractivity contribution is 7.15. The Morgan fingerprint density at radius 2 is 2.00 bits per heavy atom. The molecule has 0 saturated heterocycles. The number of aromatic nitrogens is 1. The van der Waals surface area contributed by atoms with Crippen molar-refractivity contribution >= 4 is 11.3 Å². The van der Waals surface area contributed by atoms with E-state index in [0.717, 1.165) is 22.7 Å². The zero-order chi connectivity index (χ0) is 14.0. The molecule has 0 unspecified atom stereocenters. The standard InChI is InChI=1S/C15H20N2OS/c1-9-7-12(10(2)11(3)15(9)18-4)13-8-17-14(19-13)5-6-16/h7-8H,5-6,16H2,1-4H3.